The predicted octanol–water partition coefficient (Wildman–Crippen LogP) is 6.30. The summed E-state index contributed by atoms with van der Waals surface area (Å²) in [5, 5.41) is 10.5. The lowest BCUT2D eigenvalue weighted by molar-refractivity contribution is -0.496. The fourth-order valence-corrected chi connectivity index (χ4v) is 5.03. The molecule has 1 saturated heterocycles. The first kappa shape index (κ1) is 27.9. The van der Waals surface area contributed by atoms with Crippen LogP contribution in [0.3, 0.4) is 0 Å². The fraction of sp³-hybridized carbons (Fsp3) is 0.483. The molecule has 2 aliphatic heterocycles. The summed E-state index contributed by atoms with van der Waals surface area (Å²) in [6.07, 6.45) is 3.46. The molecule has 0 bridgehead atoms. The summed E-state index contributed by atoms with van der Waals surface area (Å²) in [6.45, 7) is 12.2. The van der Waals surface area contributed by atoms with E-state index in [1.807, 2.05) is 45.9 Å². The highest BCUT2D eigenvalue weighted by Crippen LogP contribution is 2.37. The van der Waals surface area contributed by atoms with Gasteiger partial charge in [0.1, 0.15) is 17.3 Å². The second kappa shape index (κ2) is 12.2. The lowest BCUT2D eigenvalue weighted by atomic mass is 9.86. The monoisotopic (exact) mass is 539 g/mol. The molecule has 0 aliphatic carbocycles. The van der Waals surface area contributed by atoms with Crippen LogP contribution >= 0.6 is 11.6 Å². The fourth-order valence-electron chi connectivity index (χ4n) is 4.88. The van der Waals surface area contributed by atoms with Crippen LogP contribution in [0.15, 0.2) is 52.2 Å². The third-order valence-corrected chi connectivity index (χ3v) is 7.20. The molecule has 1 fully saturated rings. The van der Waals surface area contributed by atoms with Crippen molar-refractivity contribution < 1.29 is 9.50 Å². The molecular weight excluding hydrogens is 500 g/mol. The van der Waals surface area contributed by atoms with Gasteiger partial charge < -0.3 is 25.6 Å². The summed E-state index contributed by atoms with van der Waals surface area (Å²) in [5.74, 6) is 1.91. The molecule has 0 amide bonds. The van der Waals surface area contributed by atoms with Gasteiger partial charge in [-0.05, 0) is 89.0 Å². The Balaban J connectivity index is 1.54. The van der Waals surface area contributed by atoms with Crippen LogP contribution in [0.1, 0.15) is 57.6 Å². The van der Waals surface area contributed by atoms with Gasteiger partial charge in [-0.3, -0.25) is 0 Å². The Morgan fingerprint density at radius 2 is 1.84 bits per heavy atom. The summed E-state index contributed by atoms with van der Waals surface area (Å²) in [6, 6.07) is 11.5. The van der Waals surface area contributed by atoms with Crippen LogP contribution in [-0.4, -0.2) is 54.4 Å². The minimum atomic E-state index is -0.483. The molecular formula is C29H40ClN6O2+. The number of anilines is 2. The first-order valence-electron chi connectivity index (χ1n) is 13.4. The SMILES string of the molecule is Cc1cc(NC2N=CC(Cl)=C(Nc3ccccc3[N+](=O)C(C)C)N2)c(OC(C)C)cc1C1CCN(C)CC1. The second-order valence-electron chi connectivity index (χ2n) is 10.7. The molecule has 0 saturated carbocycles. The Hall–Kier alpha value is -3.10. The highest BCUT2D eigenvalue weighted by atomic mass is 35.5. The molecule has 0 radical (unpaired) electrons. The van der Waals surface area contributed by atoms with E-state index in [4.69, 9.17) is 16.3 Å². The molecule has 3 N–H and O–H groups in total. The molecule has 38 heavy (non-hydrogen) atoms. The molecule has 8 nitrogen and oxygen atoms in total. The van der Waals surface area contributed by atoms with Gasteiger partial charge in [0.2, 0.25) is 6.04 Å². The van der Waals surface area contributed by atoms with Gasteiger partial charge in [0.15, 0.2) is 6.29 Å². The smallest absolute Gasteiger partial charge is 0.279 e. The maximum atomic E-state index is 12.7. The number of piperidine rings is 1. The van der Waals surface area contributed by atoms with Crippen molar-refractivity contribution in [1.82, 2.24) is 10.2 Å². The molecule has 1 atom stereocenters. The van der Waals surface area contributed by atoms with E-state index in [2.05, 4.69) is 51.9 Å². The van der Waals surface area contributed by atoms with Gasteiger partial charge in [-0.25, -0.2) is 4.99 Å². The number of aliphatic imine (C=N–C) groups is 1. The summed E-state index contributed by atoms with van der Waals surface area (Å²) in [5.41, 5.74) is 4.66. The van der Waals surface area contributed by atoms with E-state index in [-0.39, 0.29) is 12.1 Å². The highest BCUT2D eigenvalue weighted by molar-refractivity contribution is 6.40. The number of benzene rings is 2. The van der Waals surface area contributed by atoms with Crippen molar-refractivity contribution in [2.45, 2.75) is 71.8 Å². The van der Waals surface area contributed by atoms with E-state index < -0.39 is 6.29 Å². The number of likely N-dealkylation sites (tertiary alicyclic amines) is 1. The number of hydrogen-bond donors (Lipinski definition) is 3. The van der Waals surface area contributed by atoms with Gasteiger partial charge in [-0.15, -0.1) is 0 Å². The molecule has 0 spiro atoms. The number of halogens is 1. The summed E-state index contributed by atoms with van der Waals surface area (Å²) < 4.78 is 7.24. The van der Waals surface area contributed by atoms with E-state index in [1.54, 1.807) is 12.3 Å². The maximum absolute atomic E-state index is 12.7. The molecule has 2 aromatic carbocycles. The predicted molar refractivity (Wildman–Crippen MR) is 157 cm³/mol. The minimum Gasteiger partial charge on any atom is -0.489 e. The molecule has 1 unspecified atom stereocenters. The van der Waals surface area contributed by atoms with Gasteiger partial charge in [-0.1, -0.05) is 23.7 Å². The molecule has 9 heteroatoms. The lowest BCUT2D eigenvalue weighted by Crippen LogP contribution is -2.39. The largest absolute Gasteiger partial charge is 0.489 e. The van der Waals surface area contributed by atoms with Gasteiger partial charge in [0.25, 0.3) is 5.69 Å². The van der Waals surface area contributed by atoms with Crippen molar-refractivity contribution >= 4 is 34.9 Å². The number of hydrogen-bond acceptors (Lipinski definition) is 7. The van der Waals surface area contributed by atoms with E-state index in [1.165, 1.54) is 11.1 Å². The third kappa shape index (κ3) is 6.66. The molecule has 4 rings (SSSR count). The first-order chi connectivity index (χ1) is 18.1. The van der Waals surface area contributed by atoms with E-state index in [0.29, 0.717) is 28.1 Å². The van der Waals surface area contributed by atoms with Crippen molar-refractivity contribution in [3.8, 4) is 5.75 Å². The summed E-state index contributed by atoms with van der Waals surface area (Å²) >= 11 is 6.50. The lowest BCUT2D eigenvalue weighted by Gasteiger charge is -2.31. The van der Waals surface area contributed by atoms with Crippen LogP contribution in [0, 0.1) is 11.8 Å². The normalized spacial score (nSPS) is 18.6. The molecule has 0 aromatic heterocycles. The molecule has 2 heterocycles. The molecule has 2 aliphatic rings. The summed E-state index contributed by atoms with van der Waals surface area (Å²) in [4.78, 5) is 19.6. The molecule has 2 aromatic rings. The van der Waals surface area contributed by atoms with Crippen LogP contribution in [-0.2, 0) is 0 Å². The Bertz CT molecular complexity index is 1220. The average molecular weight is 540 g/mol. The van der Waals surface area contributed by atoms with Crippen LogP contribution in [0.5, 0.6) is 5.75 Å². The van der Waals surface area contributed by atoms with Crippen LogP contribution in [0.4, 0.5) is 17.1 Å². The van der Waals surface area contributed by atoms with Crippen molar-refractivity contribution in [2.75, 3.05) is 30.8 Å². The van der Waals surface area contributed by atoms with Gasteiger partial charge in [-0.2, -0.15) is 0 Å². The number of para-hydroxylation sites is 2. The Labute approximate surface area is 231 Å². The number of allylic oxidation sites excluding steroid dienone is 1. The van der Waals surface area contributed by atoms with Crippen LogP contribution in [0.2, 0.25) is 0 Å². The van der Waals surface area contributed by atoms with Crippen LogP contribution in [0.25, 0.3) is 0 Å². The topological polar surface area (TPSA) is 81.0 Å². The maximum Gasteiger partial charge on any atom is 0.279 e. The Kier molecular flexibility index (Phi) is 8.95. The second-order valence-corrected chi connectivity index (χ2v) is 11.1. The van der Waals surface area contributed by atoms with Gasteiger partial charge in [0, 0.05) is 35.8 Å². The van der Waals surface area contributed by atoms with Crippen LogP contribution < -0.4 is 20.7 Å². The number of rotatable bonds is 9. The third-order valence-electron chi connectivity index (χ3n) is 6.91. The van der Waals surface area contributed by atoms with Gasteiger partial charge in [0.05, 0.1) is 16.8 Å². The van der Waals surface area contributed by atoms with Crippen molar-refractivity contribution in [2.24, 2.45) is 4.99 Å². The zero-order valence-corrected chi connectivity index (χ0v) is 24.0. The van der Waals surface area contributed by atoms with E-state index in [0.717, 1.165) is 42.1 Å². The highest BCUT2D eigenvalue weighted by Gasteiger charge is 2.26. The Morgan fingerprint density at radius 3 is 2.53 bits per heavy atom. The van der Waals surface area contributed by atoms with Gasteiger partial charge >= 0.3 is 0 Å². The summed E-state index contributed by atoms with van der Waals surface area (Å²) in [7, 11) is 2.19. The quantitative estimate of drug-likeness (QED) is 0.324. The van der Waals surface area contributed by atoms with E-state index >= 15 is 0 Å². The standard InChI is InChI=1S/C29H40ClN6O2/c1-18(2)36(37)26-10-8-7-9-24(26)32-28-23(30)17-31-29(34-28)33-25-15-20(5)22(16-27(25)38-19(3)4)21-11-13-35(6)14-12-21/h7-10,15-19,21,29,32-34H,11-14H2,1-6H3/q+1. The number of nitrogens with zero attached hydrogens (tertiary/aromatic N) is 3. The number of aryl methyl sites for hydroxylation is 1. The Morgan fingerprint density at radius 1 is 1.13 bits per heavy atom. The minimum absolute atomic E-state index is 0.0328. The van der Waals surface area contributed by atoms with Crippen molar-refractivity contribution in [3.05, 3.63) is 63.3 Å². The number of nitroso groups, excluding NO2 is 1. The van der Waals surface area contributed by atoms with Crippen molar-refractivity contribution in [1.29, 1.82) is 0 Å². The zero-order chi connectivity index (χ0) is 27.4. The molecule has 204 valence electrons. The number of ether oxygens (including phenoxy) is 1. The van der Waals surface area contributed by atoms with Crippen molar-refractivity contribution in [3.63, 3.8) is 0 Å². The zero-order valence-electron chi connectivity index (χ0n) is 23.2. The first-order valence-corrected chi connectivity index (χ1v) is 13.8. The number of nitrogens with one attached hydrogen (secondary N) is 3. The average Bonchev–Trinajstić information content (AvgIpc) is 2.87. The van der Waals surface area contributed by atoms with E-state index in [9.17, 15) is 4.91 Å².